The molecule has 4 rings (SSSR count). The van der Waals surface area contributed by atoms with Gasteiger partial charge in [-0.1, -0.05) is 46.2 Å². The molecule has 5 atom stereocenters. The summed E-state index contributed by atoms with van der Waals surface area (Å²) in [5, 5.41) is 16.2. The van der Waals surface area contributed by atoms with Crippen LogP contribution in [-0.4, -0.2) is 59.1 Å². The van der Waals surface area contributed by atoms with Crippen molar-refractivity contribution in [2.45, 2.75) is 73.0 Å². The number of aromatic nitrogens is 1. The lowest BCUT2D eigenvalue weighted by Crippen LogP contribution is -2.60. The number of piperidine rings is 1. The van der Waals surface area contributed by atoms with E-state index in [9.17, 15) is 24.4 Å². The average molecular weight is 550 g/mol. The summed E-state index contributed by atoms with van der Waals surface area (Å²) in [4.78, 5) is 56.9. The van der Waals surface area contributed by atoms with Gasteiger partial charge in [0.1, 0.15) is 18.1 Å². The largest absolute Gasteiger partial charge is 0.450 e. The van der Waals surface area contributed by atoms with E-state index in [2.05, 4.69) is 35.5 Å². The molecule has 1 saturated carbocycles. The Labute approximate surface area is 234 Å². The first-order valence-corrected chi connectivity index (χ1v) is 13.7. The van der Waals surface area contributed by atoms with Crippen molar-refractivity contribution in [1.82, 2.24) is 20.5 Å². The third-order valence-electron chi connectivity index (χ3n) is 8.38. The zero-order valence-electron chi connectivity index (χ0n) is 24.3. The third kappa shape index (κ3) is 5.55. The van der Waals surface area contributed by atoms with Crippen LogP contribution in [0, 0.1) is 40.9 Å². The minimum atomic E-state index is -0.968. The van der Waals surface area contributed by atoms with Crippen LogP contribution in [0.1, 0.15) is 52.7 Å². The molecule has 3 N–H and O–H groups in total. The monoisotopic (exact) mass is 549 g/mol. The lowest BCUT2D eigenvalue weighted by Gasteiger charge is -2.37. The summed E-state index contributed by atoms with van der Waals surface area (Å²) in [6.45, 7) is 13.8. The van der Waals surface area contributed by atoms with Gasteiger partial charge in [-0.15, -0.1) is 0 Å². The number of rotatable bonds is 7. The van der Waals surface area contributed by atoms with Gasteiger partial charge in [-0.25, -0.2) is 4.79 Å². The second-order valence-corrected chi connectivity index (χ2v) is 12.7. The first kappa shape index (κ1) is 29.1. The molecule has 2 aromatic rings. The van der Waals surface area contributed by atoms with E-state index in [0.717, 1.165) is 10.9 Å². The molecular formula is C30H39N5O5. The number of benzene rings is 1. The molecule has 10 nitrogen and oxygen atoms in total. The number of nitrogens with one attached hydrogen (secondary N) is 3. The van der Waals surface area contributed by atoms with Gasteiger partial charge in [-0.3, -0.25) is 14.4 Å². The van der Waals surface area contributed by atoms with Crippen LogP contribution in [0.5, 0.6) is 0 Å². The van der Waals surface area contributed by atoms with Gasteiger partial charge in [-0.2, -0.15) is 5.26 Å². The lowest BCUT2D eigenvalue weighted by molar-refractivity contribution is -0.144. The number of carbonyl (C=O) groups is 3. The summed E-state index contributed by atoms with van der Waals surface area (Å²) in [5.41, 5.74) is 1.03. The van der Waals surface area contributed by atoms with Gasteiger partial charge in [-0.05, 0) is 60.1 Å². The number of carbonyl (C=O) groups excluding carboxylic acids is 3. The Morgan fingerprint density at radius 2 is 1.93 bits per heavy atom. The van der Waals surface area contributed by atoms with Crippen LogP contribution in [0.4, 0.5) is 4.79 Å². The maximum absolute atomic E-state index is 13.8. The maximum Gasteiger partial charge on any atom is 0.407 e. The third-order valence-corrected chi connectivity index (χ3v) is 8.38. The Hall–Kier alpha value is -3.87. The molecule has 0 radical (unpaired) electrons. The minimum absolute atomic E-state index is 0.0225. The molecule has 1 saturated heterocycles. The van der Waals surface area contributed by atoms with Crippen molar-refractivity contribution >= 4 is 28.8 Å². The molecule has 1 aliphatic heterocycles. The highest BCUT2D eigenvalue weighted by molar-refractivity contribution is 5.93. The van der Waals surface area contributed by atoms with Crippen LogP contribution in [0.3, 0.4) is 0 Å². The van der Waals surface area contributed by atoms with Gasteiger partial charge in [0.15, 0.2) is 0 Å². The van der Waals surface area contributed by atoms with Crippen LogP contribution in [0.15, 0.2) is 29.1 Å². The fourth-order valence-corrected chi connectivity index (χ4v) is 6.05. The van der Waals surface area contributed by atoms with Crippen molar-refractivity contribution in [1.29, 1.82) is 5.26 Å². The average Bonchev–Trinajstić information content (AvgIpc) is 3.20. The SMILES string of the molecule is CCOC(=O)N[C@@H](C(=O)N1CC2[C@H](C1C(=O)N[C@@H](C#N)Cc1cc3cc(C)ccc3[nH]c1=O)C2(C)C)C(C)(C)C. The van der Waals surface area contributed by atoms with E-state index < -0.39 is 35.5 Å². The molecule has 40 heavy (non-hydrogen) atoms. The highest BCUT2D eigenvalue weighted by Gasteiger charge is 2.69. The quantitative estimate of drug-likeness (QED) is 0.484. The molecule has 2 fully saturated rings. The van der Waals surface area contributed by atoms with Crippen LogP contribution >= 0.6 is 0 Å². The number of amides is 3. The first-order valence-electron chi connectivity index (χ1n) is 13.7. The standard InChI is InChI=1S/C30H39N5O5/c1-8-40-28(39)34-24(29(3,4)5)27(38)35-15-20-22(30(20,6)7)23(35)26(37)32-19(14-31)13-18-12-17-11-16(2)9-10-21(17)33-25(18)36/h9-12,19-20,22-24H,8,13,15H2,1-7H3,(H,32,37)(H,33,36)(H,34,39)/t19-,20?,22-,23?,24+/m1/s1. The van der Waals surface area contributed by atoms with E-state index in [1.165, 1.54) is 4.90 Å². The number of ether oxygens (including phenoxy) is 1. The molecule has 10 heteroatoms. The highest BCUT2D eigenvalue weighted by Crippen LogP contribution is 2.65. The molecule has 3 amide bonds. The summed E-state index contributed by atoms with van der Waals surface area (Å²) in [7, 11) is 0. The predicted octanol–water partition coefficient (Wildman–Crippen LogP) is 3.03. The number of likely N-dealkylation sites (tertiary alicyclic amines) is 1. The zero-order valence-corrected chi connectivity index (χ0v) is 24.3. The smallest absolute Gasteiger partial charge is 0.407 e. The van der Waals surface area contributed by atoms with E-state index in [-0.39, 0.29) is 41.7 Å². The van der Waals surface area contributed by atoms with E-state index in [0.29, 0.717) is 17.6 Å². The molecule has 2 unspecified atom stereocenters. The summed E-state index contributed by atoms with van der Waals surface area (Å²) in [6.07, 6.45) is -0.670. The molecule has 1 aromatic carbocycles. The van der Waals surface area contributed by atoms with E-state index in [4.69, 9.17) is 4.74 Å². The second-order valence-electron chi connectivity index (χ2n) is 12.7. The van der Waals surface area contributed by atoms with Crippen molar-refractivity contribution in [3.8, 4) is 6.07 Å². The fraction of sp³-hybridized carbons (Fsp3) is 0.567. The molecule has 2 heterocycles. The van der Waals surface area contributed by atoms with Crippen molar-refractivity contribution < 1.29 is 19.1 Å². The van der Waals surface area contributed by atoms with Crippen molar-refractivity contribution in [3.63, 3.8) is 0 Å². The predicted molar refractivity (Wildman–Crippen MR) is 150 cm³/mol. The van der Waals surface area contributed by atoms with Crippen LogP contribution in [0.2, 0.25) is 0 Å². The number of aryl methyl sites for hydroxylation is 1. The van der Waals surface area contributed by atoms with Crippen molar-refractivity contribution in [2.24, 2.45) is 22.7 Å². The normalized spacial score (nSPS) is 22.6. The van der Waals surface area contributed by atoms with Crippen LogP contribution in [-0.2, 0) is 20.7 Å². The van der Waals surface area contributed by atoms with Gasteiger partial charge < -0.3 is 25.3 Å². The lowest BCUT2D eigenvalue weighted by atomic mass is 9.85. The van der Waals surface area contributed by atoms with Gasteiger partial charge in [0.25, 0.3) is 5.56 Å². The summed E-state index contributed by atoms with van der Waals surface area (Å²) in [6, 6.07) is 6.87. The number of hydrogen-bond donors (Lipinski definition) is 3. The van der Waals surface area contributed by atoms with E-state index >= 15 is 0 Å². The van der Waals surface area contributed by atoms with E-state index in [1.54, 1.807) is 13.0 Å². The van der Waals surface area contributed by atoms with Crippen molar-refractivity contribution in [3.05, 3.63) is 45.7 Å². The van der Waals surface area contributed by atoms with Crippen LogP contribution in [0.25, 0.3) is 10.9 Å². The Kier molecular flexibility index (Phi) is 7.72. The molecule has 0 spiro atoms. The van der Waals surface area contributed by atoms with Gasteiger partial charge >= 0.3 is 6.09 Å². The molecular weight excluding hydrogens is 510 g/mol. The highest BCUT2D eigenvalue weighted by atomic mass is 16.5. The molecule has 2 aliphatic rings. The molecule has 0 bridgehead atoms. The second kappa shape index (κ2) is 10.6. The Morgan fingerprint density at radius 3 is 2.55 bits per heavy atom. The number of alkyl carbamates (subject to hydrolysis) is 1. The number of hydrogen-bond acceptors (Lipinski definition) is 6. The number of aromatic amines is 1. The Morgan fingerprint density at radius 1 is 1.23 bits per heavy atom. The minimum Gasteiger partial charge on any atom is -0.450 e. The fourth-order valence-electron chi connectivity index (χ4n) is 6.05. The number of fused-ring (bicyclic) bond motifs is 2. The molecule has 214 valence electrons. The number of nitriles is 1. The van der Waals surface area contributed by atoms with E-state index in [1.807, 2.05) is 45.9 Å². The number of H-pyrrole nitrogens is 1. The Balaban J connectivity index is 1.56. The van der Waals surface area contributed by atoms with Gasteiger partial charge in [0, 0.05) is 24.0 Å². The van der Waals surface area contributed by atoms with Gasteiger partial charge in [0.2, 0.25) is 11.8 Å². The summed E-state index contributed by atoms with van der Waals surface area (Å²) >= 11 is 0. The topological polar surface area (TPSA) is 144 Å². The van der Waals surface area contributed by atoms with Crippen molar-refractivity contribution in [2.75, 3.05) is 13.2 Å². The molecule has 1 aromatic heterocycles. The summed E-state index contributed by atoms with van der Waals surface area (Å²) < 4.78 is 5.02. The molecule has 1 aliphatic carbocycles. The van der Waals surface area contributed by atoms with Crippen LogP contribution < -0.4 is 16.2 Å². The first-order chi connectivity index (χ1) is 18.7. The maximum atomic E-state index is 13.8. The Bertz CT molecular complexity index is 1430. The number of nitrogens with zero attached hydrogens (tertiary/aromatic N) is 2. The number of pyridine rings is 1. The zero-order chi connectivity index (χ0) is 29.6. The van der Waals surface area contributed by atoms with Gasteiger partial charge in [0.05, 0.1) is 12.7 Å². The summed E-state index contributed by atoms with van der Waals surface area (Å²) in [5.74, 6) is -0.748.